The van der Waals surface area contributed by atoms with Gasteiger partial charge in [-0.3, -0.25) is 0 Å². The molecule has 0 saturated heterocycles. The van der Waals surface area contributed by atoms with E-state index < -0.39 is 0 Å². The van der Waals surface area contributed by atoms with Gasteiger partial charge in [0.05, 0.1) is 0 Å². The van der Waals surface area contributed by atoms with Gasteiger partial charge in [-0.05, 0) is 0 Å². The monoisotopic (exact) mass is 936 g/mol. The van der Waals surface area contributed by atoms with Crippen LogP contribution in [0.15, 0.2) is 194 Å². The molecule has 2 aromatic heterocycles. The van der Waals surface area contributed by atoms with Gasteiger partial charge >= 0.3 is 382 Å². The number of hydrogen-bond acceptors (Lipinski definition) is 0. The van der Waals surface area contributed by atoms with Gasteiger partial charge in [0.1, 0.15) is 0 Å². The van der Waals surface area contributed by atoms with Crippen molar-refractivity contribution in [3.8, 4) is 66.8 Å². The first kappa shape index (κ1) is 34.5. The van der Waals surface area contributed by atoms with E-state index in [1.807, 2.05) is 0 Å². The Kier molecular flexibility index (Phi) is 6.66. The summed E-state index contributed by atoms with van der Waals surface area (Å²) in [6.07, 6.45) is 0. The van der Waals surface area contributed by atoms with Gasteiger partial charge in [-0.15, -0.1) is 0 Å². The van der Waals surface area contributed by atoms with Crippen LogP contribution in [0.25, 0.3) is 159 Å². The van der Waals surface area contributed by atoms with Gasteiger partial charge in [0, 0.05) is 0 Å². The van der Waals surface area contributed by atoms with Crippen molar-refractivity contribution in [1.29, 1.82) is 0 Å². The van der Waals surface area contributed by atoms with Gasteiger partial charge < -0.3 is 0 Å². The number of hydrogen-bond donors (Lipinski definition) is 0. The van der Waals surface area contributed by atoms with Crippen molar-refractivity contribution >= 4 is 121 Å². The minimum atomic E-state index is 0.208. The summed E-state index contributed by atoms with van der Waals surface area (Å²) in [4.78, 5) is 0. The van der Waals surface area contributed by atoms with Crippen molar-refractivity contribution in [1.82, 2.24) is 0 Å². The van der Waals surface area contributed by atoms with Gasteiger partial charge in [-0.2, -0.15) is 0 Å². The first-order valence-electron chi connectivity index (χ1n) is 22.2. The summed E-state index contributed by atoms with van der Waals surface area (Å²) in [6, 6.07) is 74.9. The molecule has 0 unspecified atom stereocenters. The van der Waals surface area contributed by atoms with Crippen LogP contribution in [0, 0.1) is 0 Å². The summed E-state index contributed by atoms with van der Waals surface area (Å²) >= 11 is 0.416. The molecule has 0 nitrogen and oxygen atoms in total. The molecule has 0 spiro atoms. The molecule has 0 atom stereocenters. The Morgan fingerprint density at radius 3 is 1.06 bits per heavy atom. The summed E-state index contributed by atoms with van der Waals surface area (Å²) in [5, 5.41) is 18.9. The van der Waals surface area contributed by atoms with E-state index in [0.29, 0.717) is 0 Å². The standard InChI is InChI=1S/C62H32Se2/c1-3-25-53-37(15-1)43-19-9-23-47(61(43)63-53)57-41-29-27-36-35(49(41)31-51-39-17-5-11-33-13-7-21-45(55(33)39)59(51)57)28-30-42-50(36)32-52-40-18-6-12-34-14-8-22-46(56(34)40)60(52)58(42)48-24-10-20-44-38-16-2-4-26-54(38)64-62(44)48/h1-32H. The molecule has 16 rings (SSSR count). The third-order valence-corrected chi connectivity index (χ3v) is 19.8. The van der Waals surface area contributed by atoms with Crippen LogP contribution in [0.1, 0.15) is 0 Å². The second kappa shape index (κ2) is 12.4. The van der Waals surface area contributed by atoms with Crippen LogP contribution in [0.3, 0.4) is 0 Å². The van der Waals surface area contributed by atoms with Crippen LogP contribution in [0.5, 0.6) is 0 Å². The summed E-state index contributed by atoms with van der Waals surface area (Å²) in [5.74, 6) is 0. The zero-order valence-electron chi connectivity index (χ0n) is 34.3. The Hall–Kier alpha value is -7.02. The average Bonchev–Trinajstić information content (AvgIpc) is 4.10. The van der Waals surface area contributed by atoms with E-state index in [0.717, 1.165) is 0 Å². The van der Waals surface area contributed by atoms with Crippen LogP contribution in [0.2, 0.25) is 0 Å². The first-order chi connectivity index (χ1) is 31.8. The van der Waals surface area contributed by atoms with E-state index in [-0.39, 0.29) is 29.0 Å². The van der Waals surface area contributed by atoms with Gasteiger partial charge in [0.15, 0.2) is 0 Å². The molecule has 12 aromatic carbocycles. The minimum absolute atomic E-state index is 0.208. The molecule has 0 amide bonds. The quantitative estimate of drug-likeness (QED) is 0.120. The Bertz CT molecular complexity index is 4180. The van der Waals surface area contributed by atoms with Crippen molar-refractivity contribution in [2.45, 2.75) is 0 Å². The third-order valence-electron chi connectivity index (χ3n) is 14.7. The van der Waals surface area contributed by atoms with Crippen molar-refractivity contribution in [3.05, 3.63) is 194 Å². The molecule has 0 bridgehead atoms. The van der Waals surface area contributed by atoms with E-state index in [1.165, 1.54) is 159 Å². The number of rotatable bonds is 2. The van der Waals surface area contributed by atoms with E-state index in [1.54, 1.807) is 0 Å². The van der Waals surface area contributed by atoms with Gasteiger partial charge in [0.2, 0.25) is 0 Å². The molecule has 0 fully saturated rings. The van der Waals surface area contributed by atoms with Gasteiger partial charge in [-0.1, -0.05) is 0 Å². The zero-order chi connectivity index (χ0) is 41.4. The maximum absolute atomic E-state index is 2.55. The van der Waals surface area contributed by atoms with E-state index in [2.05, 4.69) is 194 Å². The van der Waals surface area contributed by atoms with Crippen molar-refractivity contribution in [2.75, 3.05) is 0 Å². The molecule has 2 aliphatic rings. The molecule has 2 aliphatic carbocycles. The molecule has 0 saturated carbocycles. The molecular formula is C62H32Se2. The van der Waals surface area contributed by atoms with Crippen LogP contribution >= 0.6 is 0 Å². The van der Waals surface area contributed by atoms with Crippen LogP contribution < -0.4 is 0 Å². The fourth-order valence-corrected chi connectivity index (χ4v) is 17.3. The molecule has 2 heteroatoms. The fraction of sp³-hybridized carbons (Fsp3) is 0. The van der Waals surface area contributed by atoms with Gasteiger partial charge in [-0.25, -0.2) is 0 Å². The maximum atomic E-state index is 2.55. The molecular weight excluding hydrogens is 903 g/mol. The molecule has 2 heterocycles. The second-order valence-electron chi connectivity index (χ2n) is 17.7. The van der Waals surface area contributed by atoms with Crippen molar-refractivity contribution in [3.63, 3.8) is 0 Å². The van der Waals surface area contributed by atoms with Crippen LogP contribution in [0.4, 0.5) is 0 Å². The molecule has 292 valence electrons. The van der Waals surface area contributed by atoms with Crippen molar-refractivity contribution in [2.24, 2.45) is 0 Å². The van der Waals surface area contributed by atoms with E-state index >= 15 is 0 Å². The summed E-state index contributed by atoms with van der Waals surface area (Å²) in [6.45, 7) is 0. The molecule has 0 radical (unpaired) electrons. The normalized spacial score (nSPS) is 12.7. The molecule has 64 heavy (non-hydrogen) atoms. The summed E-state index contributed by atoms with van der Waals surface area (Å²) < 4.78 is 5.96. The summed E-state index contributed by atoms with van der Waals surface area (Å²) in [5.41, 5.74) is 16.4. The Morgan fingerprint density at radius 1 is 0.219 bits per heavy atom. The fourth-order valence-electron chi connectivity index (χ4n) is 12.2. The van der Waals surface area contributed by atoms with Crippen molar-refractivity contribution < 1.29 is 0 Å². The average molecular weight is 935 g/mol. The number of benzene rings is 12. The Balaban J connectivity index is 1.07. The number of fused-ring (bicyclic) bond motifs is 17. The SMILES string of the molecule is c1cc2c3c(cccc3c1)-c1c-2cc2c(ccc3c4cc5c(c(-c6cccc7c6[se]c6ccccc67)c4ccc23)-c2cccc3cccc-5c23)c1-c1cccc2c1[se]c1ccccc12. The van der Waals surface area contributed by atoms with Crippen LogP contribution in [-0.2, 0) is 0 Å². The zero-order valence-corrected chi connectivity index (χ0v) is 37.7. The second-order valence-corrected chi connectivity index (χ2v) is 22.2. The molecule has 14 aromatic rings. The predicted octanol–water partition coefficient (Wildman–Crippen LogP) is 16.8. The first-order valence-corrected chi connectivity index (χ1v) is 25.6. The van der Waals surface area contributed by atoms with E-state index in [9.17, 15) is 0 Å². The van der Waals surface area contributed by atoms with Gasteiger partial charge in [0.25, 0.3) is 0 Å². The molecule has 0 aliphatic heterocycles. The topological polar surface area (TPSA) is 0 Å². The van der Waals surface area contributed by atoms with Crippen LogP contribution in [-0.4, -0.2) is 29.0 Å². The molecule has 0 N–H and O–H groups in total. The predicted molar refractivity (Wildman–Crippen MR) is 278 cm³/mol. The Labute approximate surface area is 379 Å². The third kappa shape index (κ3) is 4.30. The Morgan fingerprint density at radius 2 is 0.594 bits per heavy atom. The van der Waals surface area contributed by atoms with E-state index in [4.69, 9.17) is 0 Å². The summed E-state index contributed by atoms with van der Waals surface area (Å²) in [7, 11) is 0.